The first-order valence-corrected chi connectivity index (χ1v) is 4.86. The summed E-state index contributed by atoms with van der Waals surface area (Å²) in [6, 6.07) is -0.166. The molecular formula is C10H13N3O2. The molecule has 2 atom stereocenters. The standard InChI is InChI=1S/C10H13N3O2/c1-15-8-2-9(13-5-8)10(14)7-3-11-6-12-4-7/h3-4,6,8-9,13H,2,5H2,1H3. The van der Waals surface area contributed by atoms with Gasteiger partial charge in [-0.05, 0) is 6.42 Å². The molecule has 0 aliphatic carbocycles. The second kappa shape index (κ2) is 4.46. The monoisotopic (exact) mass is 207 g/mol. The van der Waals surface area contributed by atoms with E-state index in [9.17, 15) is 4.79 Å². The molecule has 0 radical (unpaired) electrons. The van der Waals surface area contributed by atoms with Crippen molar-refractivity contribution in [2.75, 3.05) is 13.7 Å². The fraction of sp³-hybridized carbons (Fsp3) is 0.500. The van der Waals surface area contributed by atoms with Crippen LogP contribution in [0.4, 0.5) is 0 Å². The maximum Gasteiger partial charge on any atom is 0.182 e. The Morgan fingerprint density at radius 3 is 2.87 bits per heavy atom. The molecule has 2 heterocycles. The molecule has 1 aliphatic heterocycles. The van der Waals surface area contributed by atoms with Crippen LogP contribution in [0.2, 0.25) is 0 Å². The molecule has 0 aromatic carbocycles. The molecule has 0 bridgehead atoms. The van der Waals surface area contributed by atoms with Crippen LogP contribution in [0.1, 0.15) is 16.8 Å². The third-order valence-corrected chi connectivity index (χ3v) is 2.59. The number of ether oxygens (including phenoxy) is 1. The minimum absolute atomic E-state index is 0.0372. The molecule has 2 rings (SSSR count). The number of carbonyl (C=O) groups excluding carboxylic acids is 1. The predicted molar refractivity (Wildman–Crippen MR) is 53.6 cm³/mol. The molecule has 80 valence electrons. The van der Waals surface area contributed by atoms with E-state index in [0.29, 0.717) is 12.0 Å². The van der Waals surface area contributed by atoms with Crippen molar-refractivity contribution in [3.8, 4) is 0 Å². The lowest BCUT2D eigenvalue weighted by atomic mass is 10.1. The van der Waals surface area contributed by atoms with Crippen LogP contribution in [0.3, 0.4) is 0 Å². The van der Waals surface area contributed by atoms with Gasteiger partial charge in [-0.15, -0.1) is 0 Å². The number of hydrogen-bond acceptors (Lipinski definition) is 5. The average molecular weight is 207 g/mol. The maximum atomic E-state index is 11.9. The van der Waals surface area contributed by atoms with Gasteiger partial charge in [0.05, 0.1) is 17.7 Å². The van der Waals surface area contributed by atoms with Gasteiger partial charge in [0, 0.05) is 26.0 Å². The molecule has 5 heteroatoms. The Kier molecular flexibility index (Phi) is 3.03. The van der Waals surface area contributed by atoms with Gasteiger partial charge in [0.1, 0.15) is 6.33 Å². The molecule has 1 aromatic heterocycles. The highest BCUT2D eigenvalue weighted by molar-refractivity contribution is 5.99. The number of nitrogens with zero attached hydrogens (tertiary/aromatic N) is 2. The smallest absolute Gasteiger partial charge is 0.182 e. The van der Waals surface area contributed by atoms with E-state index in [1.165, 1.54) is 18.7 Å². The topological polar surface area (TPSA) is 64.1 Å². The summed E-state index contributed by atoms with van der Waals surface area (Å²) in [5.74, 6) is 0.0372. The molecular weight excluding hydrogens is 194 g/mol. The second-order valence-corrected chi connectivity index (χ2v) is 3.55. The van der Waals surface area contributed by atoms with E-state index in [2.05, 4.69) is 15.3 Å². The summed E-state index contributed by atoms with van der Waals surface area (Å²) in [7, 11) is 1.66. The van der Waals surface area contributed by atoms with E-state index in [1.54, 1.807) is 7.11 Å². The zero-order valence-electron chi connectivity index (χ0n) is 8.51. The highest BCUT2D eigenvalue weighted by Crippen LogP contribution is 2.13. The van der Waals surface area contributed by atoms with Gasteiger partial charge < -0.3 is 10.1 Å². The van der Waals surface area contributed by atoms with Crippen molar-refractivity contribution < 1.29 is 9.53 Å². The summed E-state index contributed by atoms with van der Waals surface area (Å²) in [5.41, 5.74) is 0.548. The zero-order chi connectivity index (χ0) is 10.7. The van der Waals surface area contributed by atoms with Gasteiger partial charge in [0.25, 0.3) is 0 Å². The second-order valence-electron chi connectivity index (χ2n) is 3.55. The van der Waals surface area contributed by atoms with Crippen LogP contribution in [0.25, 0.3) is 0 Å². The largest absolute Gasteiger partial charge is 0.380 e. The minimum atomic E-state index is -0.166. The third-order valence-electron chi connectivity index (χ3n) is 2.59. The Morgan fingerprint density at radius 1 is 1.53 bits per heavy atom. The van der Waals surface area contributed by atoms with Gasteiger partial charge in [0.15, 0.2) is 5.78 Å². The third kappa shape index (κ3) is 2.19. The average Bonchev–Trinajstić information content (AvgIpc) is 2.78. The van der Waals surface area contributed by atoms with Crippen molar-refractivity contribution in [3.63, 3.8) is 0 Å². The maximum absolute atomic E-state index is 11.9. The molecule has 1 aromatic rings. The van der Waals surface area contributed by atoms with E-state index in [4.69, 9.17) is 4.74 Å². The van der Waals surface area contributed by atoms with Crippen LogP contribution in [-0.2, 0) is 4.74 Å². The van der Waals surface area contributed by atoms with Crippen LogP contribution in [0.5, 0.6) is 0 Å². The fourth-order valence-electron chi connectivity index (χ4n) is 1.71. The van der Waals surface area contributed by atoms with Crippen molar-refractivity contribution in [2.45, 2.75) is 18.6 Å². The number of rotatable bonds is 3. The molecule has 2 unspecified atom stereocenters. The Labute approximate surface area is 87.9 Å². The molecule has 1 saturated heterocycles. The van der Waals surface area contributed by atoms with Crippen LogP contribution >= 0.6 is 0 Å². The van der Waals surface area contributed by atoms with Crippen molar-refractivity contribution in [1.29, 1.82) is 0 Å². The van der Waals surface area contributed by atoms with Crippen molar-refractivity contribution >= 4 is 5.78 Å². The first-order chi connectivity index (χ1) is 7.31. The van der Waals surface area contributed by atoms with Crippen molar-refractivity contribution in [3.05, 3.63) is 24.3 Å². The number of aromatic nitrogens is 2. The fourth-order valence-corrected chi connectivity index (χ4v) is 1.71. The van der Waals surface area contributed by atoms with Crippen LogP contribution in [-0.4, -0.2) is 41.6 Å². The lowest BCUT2D eigenvalue weighted by molar-refractivity contribution is 0.0918. The van der Waals surface area contributed by atoms with Gasteiger partial charge in [-0.3, -0.25) is 4.79 Å². The van der Waals surface area contributed by atoms with E-state index >= 15 is 0 Å². The van der Waals surface area contributed by atoms with Gasteiger partial charge in [-0.1, -0.05) is 0 Å². The first kappa shape index (κ1) is 10.2. The first-order valence-electron chi connectivity index (χ1n) is 4.86. The SMILES string of the molecule is COC1CNC(C(=O)c2cncnc2)C1. The molecule has 15 heavy (non-hydrogen) atoms. The van der Waals surface area contributed by atoms with E-state index in [-0.39, 0.29) is 17.9 Å². The van der Waals surface area contributed by atoms with Crippen LogP contribution < -0.4 is 5.32 Å². The number of nitrogens with one attached hydrogen (secondary N) is 1. The van der Waals surface area contributed by atoms with Crippen LogP contribution in [0, 0.1) is 0 Å². The number of hydrogen-bond donors (Lipinski definition) is 1. The Balaban J connectivity index is 2.04. The molecule has 5 nitrogen and oxygen atoms in total. The minimum Gasteiger partial charge on any atom is -0.380 e. The normalized spacial score (nSPS) is 25.4. The number of carbonyl (C=O) groups is 1. The molecule has 0 saturated carbocycles. The molecule has 1 fully saturated rings. The van der Waals surface area contributed by atoms with Gasteiger partial charge >= 0.3 is 0 Å². The lowest BCUT2D eigenvalue weighted by Gasteiger charge is -2.08. The Bertz CT molecular complexity index is 342. The van der Waals surface area contributed by atoms with E-state index in [1.807, 2.05) is 0 Å². The number of Topliss-reactive ketones (excluding diaryl/α,β-unsaturated/α-hetero) is 1. The highest BCUT2D eigenvalue weighted by atomic mass is 16.5. The summed E-state index contributed by atoms with van der Waals surface area (Å²) >= 11 is 0. The van der Waals surface area contributed by atoms with Crippen LogP contribution in [0.15, 0.2) is 18.7 Å². The summed E-state index contributed by atoms with van der Waals surface area (Å²) in [5, 5.41) is 3.13. The molecule has 0 spiro atoms. The van der Waals surface area contributed by atoms with E-state index < -0.39 is 0 Å². The summed E-state index contributed by atoms with van der Waals surface area (Å²) in [4.78, 5) is 19.6. The van der Waals surface area contributed by atoms with Gasteiger partial charge in [-0.2, -0.15) is 0 Å². The number of ketones is 1. The highest BCUT2D eigenvalue weighted by Gasteiger charge is 2.29. The van der Waals surface area contributed by atoms with E-state index in [0.717, 1.165) is 6.54 Å². The summed E-state index contributed by atoms with van der Waals surface area (Å²) in [6.07, 6.45) is 5.33. The molecule has 1 N–H and O–H groups in total. The van der Waals surface area contributed by atoms with Gasteiger partial charge in [-0.25, -0.2) is 9.97 Å². The zero-order valence-corrected chi connectivity index (χ0v) is 8.51. The van der Waals surface area contributed by atoms with Crippen molar-refractivity contribution in [1.82, 2.24) is 15.3 Å². The predicted octanol–water partition coefficient (Wildman–Crippen LogP) is 0.0362. The molecule has 0 amide bonds. The quantitative estimate of drug-likeness (QED) is 0.709. The Morgan fingerprint density at radius 2 is 2.27 bits per heavy atom. The summed E-state index contributed by atoms with van der Waals surface area (Å²) < 4.78 is 5.18. The lowest BCUT2D eigenvalue weighted by Crippen LogP contribution is -2.30. The molecule has 1 aliphatic rings. The van der Waals surface area contributed by atoms with Gasteiger partial charge in [0.2, 0.25) is 0 Å². The van der Waals surface area contributed by atoms with Crippen molar-refractivity contribution in [2.24, 2.45) is 0 Å². The Hall–Kier alpha value is -1.33. The number of methoxy groups -OCH3 is 1. The summed E-state index contributed by atoms with van der Waals surface area (Å²) in [6.45, 7) is 0.723.